The molecule has 0 aliphatic rings. The molecule has 1 aromatic carbocycles. The molecule has 1 amide bonds. The molecule has 0 aliphatic heterocycles. The monoisotopic (exact) mass is 306 g/mol. The number of nitrogens with zero attached hydrogens (tertiary/aromatic N) is 1. The fourth-order valence-electron chi connectivity index (χ4n) is 2.16. The van der Waals surface area contributed by atoms with Crippen molar-refractivity contribution in [2.45, 2.75) is 32.7 Å². The van der Waals surface area contributed by atoms with Gasteiger partial charge in [-0.2, -0.15) is 0 Å². The average Bonchev–Trinajstić information content (AvgIpc) is 2.81. The number of hydrogen-bond donors (Lipinski definition) is 1. The van der Waals surface area contributed by atoms with Crippen molar-refractivity contribution >= 4 is 28.7 Å². The van der Waals surface area contributed by atoms with Gasteiger partial charge in [-0.25, -0.2) is 4.79 Å². The van der Waals surface area contributed by atoms with Crippen LogP contribution in [0.3, 0.4) is 0 Å². The molecule has 1 heterocycles. The molecule has 2 rings (SSSR count). The molecule has 0 spiro atoms. The number of oxazole rings is 1. The quantitative estimate of drug-likeness (QED) is 0.823. The number of benzene rings is 1. The number of ether oxygens (including phenoxy) is 1. The average molecular weight is 306 g/mol. The first-order chi connectivity index (χ1) is 10.5. The third kappa shape index (κ3) is 3.55. The van der Waals surface area contributed by atoms with Crippen LogP contribution in [0.2, 0.25) is 0 Å². The van der Waals surface area contributed by atoms with Gasteiger partial charge in [0.2, 0.25) is 5.91 Å². The summed E-state index contributed by atoms with van der Waals surface area (Å²) in [5.74, 6) is -0.962. The van der Waals surface area contributed by atoms with Crippen molar-refractivity contribution in [3.63, 3.8) is 0 Å². The summed E-state index contributed by atoms with van der Waals surface area (Å²) in [5.41, 5.74) is 1.67. The Hall–Kier alpha value is -2.57. The van der Waals surface area contributed by atoms with Crippen LogP contribution in [0.1, 0.15) is 26.2 Å². The van der Waals surface area contributed by atoms with Crippen molar-refractivity contribution in [2.75, 3.05) is 12.4 Å². The van der Waals surface area contributed by atoms with Crippen LogP contribution in [0, 0.1) is 0 Å². The topological polar surface area (TPSA) is 90.5 Å². The second-order valence-corrected chi connectivity index (χ2v) is 4.77. The fourth-order valence-corrected chi connectivity index (χ4v) is 2.16. The predicted octanol–water partition coefficient (Wildman–Crippen LogP) is 1.90. The zero-order valence-corrected chi connectivity index (χ0v) is 12.5. The molecule has 0 unspecified atom stereocenters. The van der Waals surface area contributed by atoms with E-state index in [2.05, 4.69) is 10.1 Å². The van der Waals surface area contributed by atoms with Gasteiger partial charge in [-0.15, -0.1) is 0 Å². The second kappa shape index (κ2) is 6.93. The number of carbonyl (C=O) groups is 2. The van der Waals surface area contributed by atoms with Gasteiger partial charge in [0.1, 0.15) is 0 Å². The molecule has 1 N–H and O–H groups in total. The number of rotatable bonds is 6. The van der Waals surface area contributed by atoms with E-state index < -0.39 is 5.76 Å². The molecule has 0 saturated heterocycles. The van der Waals surface area contributed by atoms with Crippen LogP contribution in [0.15, 0.2) is 27.4 Å². The Kier molecular flexibility index (Phi) is 4.98. The Balaban J connectivity index is 2.01. The molecule has 118 valence electrons. The summed E-state index contributed by atoms with van der Waals surface area (Å²) in [4.78, 5) is 34.4. The number of methoxy groups -OCH3 is 1. The van der Waals surface area contributed by atoms with E-state index in [0.717, 1.165) is 0 Å². The molecule has 22 heavy (non-hydrogen) atoms. The maximum Gasteiger partial charge on any atom is 0.419 e. The highest BCUT2D eigenvalue weighted by molar-refractivity contribution is 5.92. The number of aryl methyl sites for hydroxylation is 1. The van der Waals surface area contributed by atoms with E-state index in [1.807, 2.05) is 6.92 Å². The smallest absolute Gasteiger partial charge is 0.419 e. The number of hydrogen-bond acceptors (Lipinski definition) is 5. The minimum Gasteiger partial charge on any atom is -0.469 e. The third-order valence-corrected chi connectivity index (χ3v) is 3.28. The zero-order chi connectivity index (χ0) is 16.1. The number of carbonyl (C=O) groups excluding carboxylic acids is 2. The molecule has 0 bridgehead atoms. The van der Waals surface area contributed by atoms with E-state index in [-0.39, 0.29) is 24.7 Å². The predicted molar refractivity (Wildman–Crippen MR) is 80.6 cm³/mol. The van der Waals surface area contributed by atoms with Crippen molar-refractivity contribution in [1.82, 2.24) is 4.57 Å². The first-order valence-electron chi connectivity index (χ1n) is 7.05. The summed E-state index contributed by atoms with van der Waals surface area (Å²) in [7, 11) is 1.31. The highest BCUT2D eigenvalue weighted by Gasteiger charge is 2.10. The Morgan fingerprint density at radius 2 is 2.09 bits per heavy atom. The van der Waals surface area contributed by atoms with Gasteiger partial charge < -0.3 is 14.5 Å². The summed E-state index contributed by atoms with van der Waals surface area (Å²) >= 11 is 0. The minimum absolute atomic E-state index is 0.206. The SMILES string of the molecule is CCn1c(=O)oc2cc(NC(=O)CCCC(=O)OC)ccc21. The summed E-state index contributed by atoms with van der Waals surface area (Å²) < 4.78 is 11.2. The Labute approximate surface area is 126 Å². The summed E-state index contributed by atoms with van der Waals surface area (Å²) in [5, 5.41) is 2.71. The highest BCUT2D eigenvalue weighted by Crippen LogP contribution is 2.18. The number of amides is 1. The van der Waals surface area contributed by atoms with Gasteiger partial charge in [0, 0.05) is 31.1 Å². The first kappa shape index (κ1) is 15.8. The second-order valence-electron chi connectivity index (χ2n) is 4.77. The number of fused-ring (bicyclic) bond motifs is 1. The molecular weight excluding hydrogens is 288 g/mol. The van der Waals surface area contributed by atoms with Gasteiger partial charge in [-0.1, -0.05) is 0 Å². The van der Waals surface area contributed by atoms with E-state index in [9.17, 15) is 14.4 Å². The van der Waals surface area contributed by atoms with Crippen LogP contribution in [-0.4, -0.2) is 23.6 Å². The van der Waals surface area contributed by atoms with E-state index in [1.54, 1.807) is 18.2 Å². The molecule has 7 nitrogen and oxygen atoms in total. The maximum atomic E-state index is 11.8. The Morgan fingerprint density at radius 3 is 2.77 bits per heavy atom. The fraction of sp³-hybridized carbons (Fsp3) is 0.400. The van der Waals surface area contributed by atoms with Crippen molar-refractivity contribution < 1.29 is 18.7 Å². The minimum atomic E-state index is -0.418. The summed E-state index contributed by atoms with van der Waals surface area (Å²) in [6.07, 6.45) is 0.840. The summed E-state index contributed by atoms with van der Waals surface area (Å²) in [6.45, 7) is 2.37. The molecule has 7 heteroatoms. The third-order valence-electron chi connectivity index (χ3n) is 3.28. The van der Waals surface area contributed by atoms with Crippen molar-refractivity contribution in [1.29, 1.82) is 0 Å². The van der Waals surface area contributed by atoms with Crippen LogP contribution in [0.5, 0.6) is 0 Å². The van der Waals surface area contributed by atoms with Crippen LogP contribution in [0.25, 0.3) is 11.1 Å². The van der Waals surface area contributed by atoms with Crippen molar-refractivity contribution in [3.8, 4) is 0 Å². The van der Waals surface area contributed by atoms with Crippen LogP contribution in [0.4, 0.5) is 5.69 Å². The number of esters is 1. The maximum absolute atomic E-state index is 11.8. The standard InChI is InChI=1S/C15H18N2O5/c1-3-17-11-8-7-10(9-12(11)22-15(17)20)16-13(18)5-4-6-14(19)21-2/h7-9H,3-6H2,1-2H3,(H,16,18). The van der Waals surface area contributed by atoms with Gasteiger partial charge in [0.15, 0.2) is 5.58 Å². The van der Waals surface area contributed by atoms with Gasteiger partial charge in [-0.3, -0.25) is 14.2 Å². The molecule has 2 aromatic rings. The largest absolute Gasteiger partial charge is 0.469 e. The van der Waals surface area contributed by atoms with Gasteiger partial charge in [0.25, 0.3) is 0 Å². The first-order valence-corrected chi connectivity index (χ1v) is 7.05. The number of aromatic nitrogens is 1. The molecule has 0 atom stereocenters. The Morgan fingerprint density at radius 1 is 1.32 bits per heavy atom. The van der Waals surface area contributed by atoms with Crippen LogP contribution >= 0.6 is 0 Å². The normalized spacial score (nSPS) is 10.6. The molecule has 0 fully saturated rings. The lowest BCUT2D eigenvalue weighted by molar-refractivity contribution is -0.140. The lowest BCUT2D eigenvalue weighted by atomic mass is 10.2. The van der Waals surface area contributed by atoms with E-state index in [0.29, 0.717) is 29.8 Å². The number of nitrogens with one attached hydrogen (secondary N) is 1. The van der Waals surface area contributed by atoms with Crippen molar-refractivity contribution in [3.05, 3.63) is 28.7 Å². The number of anilines is 1. The van der Waals surface area contributed by atoms with Gasteiger partial charge in [-0.05, 0) is 25.5 Å². The molecule has 0 aliphatic carbocycles. The van der Waals surface area contributed by atoms with Crippen LogP contribution < -0.4 is 11.1 Å². The molecular formula is C15H18N2O5. The lowest BCUT2D eigenvalue weighted by Crippen LogP contribution is -2.12. The van der Waals surface area contributed by atoms with E-state index >= 15 is 0 Å². The molecule has 0 radical (unpaired) electrons. The van der Waals surface area contributed by atoms with E-state index in [1.165, 1.54) is 11.7 Å². The van der Waals surface area contributed by atoms with Gasteiger partial charge >= 0.3 is 11.7 Å². The summed E-state index contributed by atoms with van der Waals surface area (Å²) in [6, 6.07) is 5.05. The van der Waals surface area contributed by atoms with Gasteiger partial charge in [0.05, 0.1) is 12.6 Å². The molecule has 1 aromatic heterocycles. The van der Waals surface area contributed by atoms with E-state index in [4.69, 9.17) is 4.42 Å². The van der Waals surface area contributed by atoms with Crippen LogP contribution in [-0.2, 0) is 20.9 Å². The molecule has 0 saturated carbocycles. The lowest BCUT2D eigenvalue weighted by Gasteiger charge is -2.05. The van der Waals surface area contributed by atoms with Crippen molar-refractivity contribution in [2.24, 2.45) is 0 Å². The highest BCUT2D eigenvalue weighted by atomic mass is 16.5. The zero-order valence-electron chi connectivity index (χ0n) is 12.5. The Bertz CT molecular complexity index is 744.